The van der Waals surface area contributed by atoms with Gasteiger partial charge in [0.15, 0.2) is 0 Å². The van der Waals surface area contributed by atoms with E-state index in [2.05, 4.69) is 20.2 Å². The van der Waals surface area contributed by atoms with Crippen molar-refractivity contribution >= 4 is 29.5 Å². The van der Waals surface area contributed by atoms with Crippen LogP contribution in [0.3, 0.4) is 0 Å². The van der Waals surface area contributed by atoms with Gasteiger partial charge in [-0.2, -0.15) is 4.98 Å². The lowest BCUT2D eigenvalue weighted by Crippen LogP contribution is -2.37. The summed E-state index contributed by atoms with van der Waals surface area (Å²) in [6.45, 7) is 6.71. The van der Waals surface area contributed by atoms with Crippen LogP contribution in [0.4, 0.5) is 17.5 Å². The van der Waals surface area contributed by atoms with Crippen LogP contribution in [0.1, 0.15) is 19.4 Å². The van der Waals surface area contributed by atoms with Crippen molar-refractivity contribution in [2.75, 3.05) is 36.5 Å². The molecular weight excluding hydrogens is 406 g/mol. The summed E-state index contributed by atoms with van der Waals surface area (Å²) >= 11 is 0. The molecule has 1 fully saturated rings. The lowest BCUT2D eigenvalue weighted by atomic mass is 10.1. The lowest BCUT2D eigenvalue weighted by molar-refractivity contribution is -0.131. The smallest absolute Gasteiger partial charge is 0.328 e. The fourth-order valence-electron chi connectivity index (χ4n) is 3.17. The molecule has 8 nitrogen and oxygen atoms in total. The number of nitrogens with zero attached hydrogens (tertiary/aromatic N) is 4. The van der Waals surface area contributed by atoms with Crippen molar-refractivity contribution in [3.63, 3.8) is 0 Å². The summed E-state index contributed by atoms with van der Waals surface area (Å²) in [5, 5.41) is 12.1. The molecule has 166 valence electrons. The summed E-state index contributed by atoms with van der Waals surface area (Å²) in [6.07, 6.45) is 7.71. The molecule has 0 aliphatic carbocycles. The van der Waals surface area contributed by atoms with E-state index in [-0.39, 0.29) is 0 Å². The van der Waals surface area contributed by atoms with Crippen LogP contribution in [-0.4, -0.2) is 52.3 Å². The number of aliphatic carboxylic acids is 1. The molecule has 1 aliphatic rings. The first kappa shape index (κ1) is 22.9. The molecular formula is C24H27N5O3. The van der Waals surface area contributed by atoms with Gasteiger partial charge in [-0.3, -0.25) is 4.98 Å². The summed E-state index contributed by atoms with van der Waals surface area (Å²) in [5.41, 5.74) is 3.24. The maximum Gasteiger partial charge on any atom is 0.328 e. The number of rotatable bonds is 6. The highest BCUT2D eigenvalue weighted by atomic mass is 16.5. The third kappa shape index (κ3) is 6.12. The van der Waals surface area contributed by atoms with Gasteiger partial charge in [0.25, 0.3) is 0 Å². The van der Waals surface area contributed by atoms with E-state index in [9.17, 15) is 4.79 Å². The number of carboxylic acid groups (broad SMARTS) is 1. The van der Waals surface area contributed by atoms with Crippen LogP contribution < -0.4 is 10.2 Å². The molecule has 8 heteroatoms. The summed E-state index contributed by atoms with van der Waals surface area (Å²) in [7, 11) is 0. The molecule has 2 N–H and O–H groups in total. The number of benzene rings is 1. The van der Waals surface area contributed by atoms with Gasteiger partial charge in [-0.05, 0) is 29.8 Å². The quantitative estimate of drug-likeness (QED) is 0.557. The Morgan fingerprint density at radius 3 is 2.59 bits per heavy atom. The Balaban J connectivity index is 0.00000141. The van der Waals surface area contributed by atoms with Crippen molar-refractivity contribution < 1.29 is 14.6 Å². The maximum absolute atomic E-state index is 10.8. The van der Waals surface area contributed by atoms with Gasteiger partial charge in [-0.15, -0.1) is 0 Å². The molecule has 0 amide bonds. The Morgan fingerprint density at radius 1 is 1.12 bits per heavy atom. The number of hydrogen-bond acceptors (Lipinski definition) is 7. The van der Waals surface area contributed by atoms with Gasteiger partial charge in [0, 0.05) is 54.6 Å². The second kappa shape index (κ2) is 11.6. The number of nitrogens with one attached hydrogen (secondary N) is 1. The average molecular weight is 434 g/mol. The molecule has 0 spiro atoms. The lowest BCUT2D eigenvalue weighted by Gasteiger charge is -2.29. The number of carbonyl (C=O) groups is 1. The van der Waals surface area contributed by atoms with E-state index in [1.807, 2.05) is 50.2 Å². The second-order valence-corrected chi connectivity index (χ2v) is 6.70. The Labute approximate surface area is 187 Å². The van der Waals surface area contributed by atoms with Gasteiger partial charge in [-0.1, -0.05) is 32.0 Å². The maximum atomic E-state index is 10.8. The Morgan fingerprint density at radius 2 is 1.88 bits per heavy atom. The number of hydrogen-bond donors (Lipinski definition) is 2. The Bertz CT molecular complexity index is 1050. The standard InChI is InChI=1S/C22H21N5O3.C2H6/c28-20(29)7-6-16-12-17(14-23-13-16)19-15-24-22(25-18-4-2-1-3-5-18)26-21(19)27-8-10-30-11-9-27;1-2/h1-7,12-15H,8-11H2,(H,28,29)(H,24,25,26);1-2H3/b7-6+;. The van der Waals surface area contributed by atoms with E-state index in [0.29, 0.717) is 24.7 Å². The molecule has 0 unspecified atom stereocenters. The van der Waals surface area contributed by atoms with Crippen molar-refractivity contribution in [3.8, 4) is 11.1 Å². The zero-order valence-electron chi connectivity index (χ0n) is 18.2. The van der Waals surface area contributed by atoms with Gasteiger partial charge in [0.05, 0.1) is 13.2 Å². The van der Waals surface area contributed by atoms with E-state index in [1.54, 1.807) is 18.6 Å². The first-order valence-electron chi connectivity index (χ1n) is 10.6. The van der Waals surface area contributed by atoms with E-state index < -0.39 is 5.97 Å². The SMILES string of the molecule is CC.O=C(O)/C=C/c1cncc(-c2cnc(Nc3ccccc3)nc2N2CCOCC2)c1. The second-order valence-electron chi connectivity index (χ2n) is 6.70. The van der Waals surface area contributed by atoms with Gasteiger partial charge in [0.2, 0.25) is 5.95 Å². The minimum absolute atomic E-state index is 0.501. The first-order chi connectivity index (χ1) is 15.7. The molecule has 4 rings (SSSR count). The molecule has 32 heavy (non-hydrogen) atoms. The predicted molar refractivity (Wildman–Crippen MR) is 126 cm³/mol. The summed E-state index contributed by atoms with van der Waals surface area (Å²) in [4.78, 5) is 26.5. The molecule has 1 aliphatic heterocycles. The largest absolute Gasteiger partial charge is 0.478 e. The van der Waals surface area contributed by atoms with Crippen molar-refractivity contribution in [2.45, 2.75) is 13.8 Å². The molecule has 0 radical (unpaired) electrons. The van der Waals surface area contributed by atoms with Crippen LogP contribution in [0.25, 0.3) is 17.2 Å². The molecule has 0 atom stereocenters. The number of carboxylic acids is 1. The molecule has 0 bridgehead atoms. The Kier molecular flexibility index (Phi) is 8.28. The van der Waals surface area contributed by atoms with E-state index >= 15 is 0 Å². The number of ether oxygens (including phenoxy) is 1. The summed E-state index contributed by atoms with van der Waals surface area (Å²) < 4.78 is 5.49. The van der Waals surface area contributed by atoms with Gasteiger partial charge < -0.3 is 20.1 Å². The van der Waals surface area contributed by atoms with Gasteiger partial charge in [-0.25, -0.2) is 9.78 Å². The predicted octanol–water partition coefficient (Wildman–Crippen LogP) is 4.24. The topological polar surface area (TPSA) is 100 Å². The van der Waals surface area contributed by atoms with Gasteiger partial charge >= 0.3 is 5.97 Å². The summed E-state index contributed by atoms with van der Waals surface area (Å²) in [5.74, 6) is 0.281. The molecule has 3 aromatic rings. The van der Waals surface area contributed by atoms with Crippen LogP contribution in [-0.2, 0) is 9.53 Å². The van der Waals surface area contributed by atoms with Crippen molar-refractivity contribution in [1.29, 1.82) is 0 Å². The molecule has 0 saturated carbocycles. The number of aromatic nitrogens is 3. The van der Waals surface area contributed by atoms with Crippen LogP contribution in [0.15, 0.2) is 61.1 Å². The van der Waals surface area contributed by atoms with Crippen LogP contribution in [0, 0.1) is 0 Å². The zero-order chi connectivity index (χ0) is 22.8. The first-order valence-corrected chi connectivity index (χ1v) is 10.6. The summed E-state index contributed by atoms with van der Waals surface area (Å²) in [6, 6.07) is 11.6. The zero-order valence-corrected chi connectivity index (χ0v) is 18.2. The molecule has 1 aromatic carbocycles. The monoisotopic (exact) mass is 433 g/mol. The highest BCUT2D eigenvalue weighted by Crippen LogP contribution is 2.31. The number of morpholine rings is 1. The van der Waals surface area contributed by atoms with E-state index in [4.69, 9.17) is 14.8 Å². The normalized spacial score (nSPS) is 13.4. The Hall–Kier alpha value is -3.78. The fourth-order valence-corrected chi connectivity index (χ4v) is 3.17. The van der Waals surface area contributed by atoms with Crippen LogP contribution in [0.2, 0.25) is 0 Å². The van der Waals surface area contributed by atoms with Crippen molar-refractivity contribution in [2.24, 2.45) is 0 Å². The minimum atomic E-state index is -1.01. The third-order valence-corrected chi connectivity index (χ3v) is 4.60. The molecule has 1 saturated heterocycles. The number of para-hydroxylation sites is 1. The highest BCUT2D eigenvalue weighted by molar-refractivity contribution is 5.86. The number of anilines is 3. The van der Waals surface area contributed by atoms with E-state index in [0.717, 1.165) is 41.8 Å². The van der Waals surface area contributed by atoms with Crippen LogP contribution in [0.5, 0.6) is 0 Å². The average Bonchev–Trinajstić information content (AvgIpc) is 2.85. The molecule has 3 heterocycles. The van der Waals surface area contributed by atoms with Crippen molar-refractivity contribution in [1.82, 2.24) is 15.0 Å². The van der Waals surface area contributed by atoms with Gasteiger partial charge in [0.1, 0.15) is 5.82 Å². The highest BCUT2D eigenvalue weighted by Gasteiger charge is 2.19. The fraction of sp³-hybridized carbons (Fsp3) is 0.250. The third-order valence-electron chi connectivity index (χ3n) is 4.60. The van der Waals surface area contributed by atoms with Crippen LogP contribution >= 0.6 is 0 Å². The molecule has 2 aromatic heterocycles. The van der Waals surface area contributed by atoms with E-state index in [1.165, 1.54) is 6.08 Å². The minimum Gasteiger partial charge on any atom is -0.478 e. The van der Waals surface area contributed by atoms with Crippen molar-refractivity contribution in [3.05, 3.63) is 66.6 Å². The number of pyridine rings is 1.